The first kappa shape index (κ1) is 13.7. The molecule has 0 aliphatic carbocycles. The monoisotopic (exact) mass is 272 g/mol. The molecule has 2 heterocycles. The van der Waals surface area contributed by atoms with E-state index in [9.17, 15) is 14.7 Å². The minimum atomic E-state index is -0.882. The van der Waals surface area contributed by atoms with E-state index in [4.69, 9.17) is 0 Å². The standard InChI is InChI=1S/C12H20N2O3S/c1-2-12(3-4-13-8-12)11(17)14-5-6-18-7-9(14)10(15)16/h9,13H,2-8H2,1H3,(H,15,16). The second kappa shape index (κ2) is 5.48. The third kappa shape index (κ3) is 2.36. The number of carboxylic acids is 1. The molecule has 0 saturated carbocycles. The van der Waals surface area contributed by atoms with Gasteiger partial charge in [0.15, 0.2) is 0 Å². The van der Waals surface area contributed by atoms with Crippen LogP contribution in [0.25, 0.3) is 0 Å². The van der Waals surface area contributed by atoms with Crippen LogP contribution in [0, 0.1) is 5.41 Å². The van der Waals surface area contributed by atoms with E-state index in [-0.39, 0.29) is 11.3 Å². The maximum Gasteiger partial charge on any atom is 0.327 e. The fraction of sp³-hybridized carbons (Fsp3) is 0.833. The average molecular weight is 272 g/mol. The summed E-state index contributed by atoms with van der Waals surface area (Å²) in [6.45, 7) is 4.10. The van der Waals surface area contributed by atoms with E-state index in [2.05, 4.69) is 5.32 Å². The van der Waals surface area contributed by atoms with Gasteiger partial charge >= 0.3 is 5.97 Å². The van der Waals surface area contributed by atoms with Gasteiger partial charge in [-0.1, -0.05) is 6.92 Å². The van der Waals surface area contributed by atoms with Crippen molar-refractivity contribution < 1.29 is 14.7 Å². The third-order valence-corrected chi connectivity index (χ3v) is 5.07. The molecule has 102 valence electrons. The molecule has 5 nitrogen and oxygen atoms in total. The molecule has 18 heavy (non-hydrogen) atoms. The van der Waals surface area contributed by atoms with Crippen LogP contribution in [0.2, 0.25) is 0 Å². The zero-order valence-electron chi connectivity index (χ0n) is 10.6. The van der Waals surface area contributed by atoms with Crippen LogP contribution in [0.5, 0.6) is 0 Å². The van der Waals surface area contributed by atoms with Crippen molar-refractivity contribution in [1.82, 2.24) is 10.2 Å². The minimum Gasteiger partial charge on any atom is -0.480 e. The summed E-state index contributed by atoms with van der Waals surface area (Å²) in [5.74, 6) is 0.493. The highest BCUT2D eigenvalue weighted by Gasteiger charge is 2.45. The van der Waals surface area contributed by atoms with Gasteiger partial charge < -0.3 is 15.3 Å². The van der Waals surface area contributed by atoms with Gasteiger partial charge in [-0.2, -0.15) is 11.8 Å². The summed E-state index contributed by atoms with van der Waals surface area (Å²) in [7, 11) is 0. The molecular weight excluding hydrogens is 252 g/mol. The molecule has 2 aliphatic heterocycles. The van der Waals surface area contributed by atoms with Crippen molar-refractivity contribution in [3.05, 3.63) is 0 Å². The predicted molar refractivity (Wildman–Crippen MR) is 70.7 cm³/mol. The van der Waals surface area contributed by atoms with E-state index >= 15 is 0 Å². The second-order valence-electron chi connectivity index (χ2n) is 4.99. The zero-order valence-corrected chi connectivity index (χ0v) is 11.5. The number of carbonyl (C=O) groups is 2. The Labute approximate surface area is 111 Å². The number of thioether (sulfide) groups is 1. The lowest BCUT2D eigenvalue weighted by Crippen LogP contribution is -2.55. The average Bonchev–Trinajstić information content (AvgIpc) is 2.87. The largest absolute Gasteiger partial charge is 0.480 e. The van der Waals surface area contributed by atoms with Crippen molar-refractivity contribution >= 4 is 23.6 Å². The van der Waals surface area contributed by atoms with Gasteiger partial charge in [-0.3, -0.25) is 4.79 Å². The summed E-state index contributed by atoms with van der Waals surface area (Å²) < 4.78 is 0. The molecule has 1 amide bonds. The minimum absolute atomic E-state index is 0.0303. The van der Waals surface area contributed by atoms with Crippen molar-refractivity contribution in [2.24, 2.45) is 5.41 Å². The number of carbonyl (C=O) groups excluding carboxylic acids is 1. The number of hydrogen-bond acceptors (Lipinski definition) is 4. The van der Waals surface area contributed by atoms with Crippen molar-refractivity contribution in [2.75, 3.05) is 31.1 Å². The number of nitrogens with one attached hydrogen (secondary N) is 1. The highest BCUT2D eigenvalue weighted by molar-refractivity contribution is 7.99. The lowest BCUT2D eigenvalue weighted by atomic mass is 9.82. The molecule has 6 heteroatoms. The van der Waals surface area contributed by atoms with Crippen LogP contribution in [0.15, 0.2) is 0 Å². The van der Waals surface area contributed by atoms with E-state index in [0.717, 1.165) is 25.1 Å². The summed E-state index contributed by atoms with van der Waals surface area (Å²) in [6, 6.07) is -0.653. The molecule has 0 aromatic rings. The Hall–Kier alpha value is -0.750. The molecule has 0 aromatic heterocycles. The van der Waals surface area contributed by atoms with E-state index in [1.165, 1.54) is 0 Å². The van der Waals surface area contributed by atoms with E-state index in [1.807, 2.05) is 6.92 Å². The molecule has 2 unspecified atom stereocenters. The predicted octanol–water partition coefficient (Wildman–Crippen LogP) is 0.405. The lowest BCUT2D eigenvalue weighted by Gasteiger charge is -2.38. The van der Waals surface area contributed by atoms with Crippen molar-refractivity contribution in [2.45, 2.75) is 25.8 Å². The topological polar surface area (TPSA) is 69.6 Å². The van der Waals surface area contributed by atoms with Crippen LogP contribution in [0.3, 0.4) is 0 Å². The molecule has 2 rings (SSSR count). The second-order valence-corrected chi connectivity index (χ2v) is 6.14. The Bertz CT molecular complexity index is 342. The number of nitrogens with zero attached hydrogens (tertiary/aromatic N) is 1. The molecule has 2 N–H and O–H groups in total. The van der Waals surface area contributed by atoms with Crippen LogP contribution in [-0.2, 0) is 9.59 Å². The summed E-state index contributed by atoms with van der Waals surface area (Å²) in [5, 5.41) is 12.5. The van der Waals surface area contributed by atoms with E-state index < -0.39 is 12.0 Å². The van der Waals surface area contributed by atoms with Gasteiger partial charge in [0, 0.05) is 24.6 Å². The maximum atomic E-state index is 12.7. The molecule has 0 aromatic carbocycles. The van der Waals surface area contributed by atoms with Gasteiger partial charge in [-0.15, -0.1) is 0 Å². The van der Waals surface area contributed by atoms with Crippen molar-refractivity contribution in [3.63, 3.8) is 0 Å². The number of hydrogen-bond donors (Lipinski definition) is 2. The summed E-state index contributed by atoms with van der Waals surface area (Å²) >= 11 is 1.61. The lowest BCUT2D eigenvalue weighted by molar-refractivity contribution is -0.154. The highest BCUT2D eigenvalue weighted by Crippen LogP contribution is 2.33. The molecule has 0 spiro atoms. The van der Waals surface area contributed by atoms with Crippen LogP contribution in [-0.4, -0.2) is 59.1 Å². The number of amides is 1. The maximum absolute atomic E-state index is 12.7. The van der Waals surface area contributed by atoms with E-state index in [1.54, 1.807) is 16.7 Å². The molecule has 2 fully saturated rings. The summed E-state index contributed by atoms with van der Waals surface area (Å²) in [4.78, 5) is 25.5. The molecule has 2 aliphatic rings. The van der Waals surface area contributed by atoms with Crippen molar-refractivity contribution in [1.29, 1.82) is 0 Å². The van der Waals surface area contributed by atoms with E-state index in [0.29, 0.717) is 18.8 Å². The quantitative estimate of drug-likeness (QED) is 0.778. The Balaban J connectivity index is 2.17. The number of rotatable bonds is 3. The van der Waals surface area contributed by atoms with Crippen LogP contribution >= 0.6 is 11.8 Å². The number of carboxylic acid groups (broad SMARTS) is 1. The third-order valence-electron chi connectivity index (χ3n) is 4.05. The van der Waals surface area contributed by atoms with Gasteiger partial charge in [0.05, 0.1) is 5.41 Å². The van der Waals surface area contributed by atoms with Gasteiger partial charge in [0.1, 0.15) is 6.04 Å². The van der Waals surface area contributed by atoms with Crippen LogP contribution in [0.1, 0.15) is 19.8 Å². The summed E-state index contributed by atoms with van der Waals surface area (Å²) in [5.41, 5.74) is -0.379. The smallest absolute Gasteiger partial charge is 0.327 e. The Kier molecular flexibility index (Phi) is 4.17. The molecule has 2 saturated heterocycles. The first-order valence-corrected chi connectivity index (χ1v) is 7.58. The van der Waals surface area contributed by atoms with Gasteiger partial charge in [-0.05, 0) is 19.4 Å². The normalized spacial score (nSPS) is 32.5. The first-order chi connectivity index (χ1) is 8.60. The first-order valence-electron chi connectivity index (χ1n) is 6.43. The zero-order chi connectivity index (χ0) is 13.2. The van der Waals surface area contributed by atoms with Crippen LogP contribution in [0.4, 0.5) is 0 Å². The Morgan fingerprint density at radius 1 is 1.56 bits per heavy atom. The van der Waals surface area contributed by atoms with Gasteiger partial charge in [-0.25, -0.2) is 4.79 Å². The molecular formula is C12H20N2O3S. The molecule has 0 radical (unpaired) electrons. The fourth-order valence-electron chi connectivity index (χ4n) is 2.74. The highest BCUT2D eigenvalue weighted by atomic mass is 32.2. The Morgan fingerprint density at radius 2 is 2.33 bits per heavy atom. The number of aliphatic carboxylic acids is 1. The SMILES string of the molecule is CCC1(C(=O)N2CCSCC2C(=O)O)CCNC1. The van der Waals surface area contributed by atoms with Gasteiger partial charge in [0.2, 0.25) is 5.91 Å². The summed E-state index contributed by atoms with van der Waals surface area (Å²) in [6.07, 6.45) is 1.59. The molecule has 2 atom stereocenters. The fourth-order valence-corrected chi connectivity index (χ4v) is 3.77. The van der Waals surface area contributed by atoms with Crippen LogP contribution < -0.4 is 5.32 Å². The van der Waals surface area contributed by atoms with Gasteiger partial charge in [0.25, 0.3) is 0 Å². The van der Waals surface area contributed by atoms with Crippen molar-refractivity contribution in [3.8, 4) is 0 Å². The Morgan fingerprint density at radius 3 is 2.89 bits per heavy atom. The molecule has 0 bridgehead atoms.